The Morgan fingerprint density at radius 2 is 1.26 bits per heavy atom. The number of hydrogen-bond donors (Lipinski definition) is 0. The van der Waals surface area contributed by atoms with Crippen LogP contribution >= 0.6 is 70.6 Å². The van der Waals surface area contributed by atoms with Crippen molar-refractivity contribution in [3.8, 4) is 0 Å². The molecule has 2 aliphatic heterocycles. The molecular formula is C19H28O2S6. The van der Waals surface area contributed by atoms with Crippen molar-refractivity contribution in [2.24, 2.45) is 0 Å². The van der Waals surface area contributed by atoms with Crippen LogP contribution in [-0.4, -0.2) is 52.9 Å². The summed E-state index contributed by atoms with van der Waals surface area (Å²) in [5, 5.41) is 1.46. The van der Waals surface area contributed by atoms with E-state index in [1.165, 1.54) is 42.8 Å². The van der Waals surface area contributed by atoms with Crippen LogP contribution in [0.5, 0.6) is 0 Å². The van der Waals surface area contributed by atoms with Gasteiger partial charge in [0.25, 0.3) is 0 Å². The largest absolute Gasteiger partial charge is 0.282 e. The first-order chi connectivity index (χ1) is 12.8. The van der Waals surface area contributed by atoms with Crippen LogP contribution < -0.4 is 0 Å². The van der Waals surface area contributed by atoms with Crippen molar-refractivity contribution in [2.75, 3.05) is 23.0 Å². The molecule has 0 aromatic rings. The standard InChI is InChI=1S/C19H28O2S6/c1-12(2)18(20)24-10-14-8-22-16(26-14)6-5-7-17-23-9-15(27-17)11-25-19(21)13(3)4/h14-17H,1,3,5-11H2,2,4H3. The Labute approximate surface area is 189 Å². The smallest absolute Gasteiger partial charge is 0.214 e. The van der Waals surface area contributed by atoms with Crippen molar-refractivity contribution in [1.82, 2.24) is 0 Å². The minimum atomic E-state index is 0.136. The molecule has 8 heteroatoms. The van der Waals surface area contributed by atoms with Crippen LogP contribution in [0.4, 0.5) is 0 Å². The van der Waals surface area contributed by atoms with E-state index in [1.807, 2.05) is 0 Å². The number of carbonyl (C=O) groups is 2. The maximum absolute atomic E-state index is 11.7. The van der Waals surface area contributed by atoms with Crippen LogP contribution in [0, 0.1) is 0 Å². The zero-order chi connectivity index (χ0) is 19.8. The van der Waals surface area contributed by atoms with E-state index >= 15 is 0 Å². The lowest BCUT2D eigenvalue weighted by atomic mass is 10.3. The quantitative estimate of drug-likeness (QED) is 0.343. The highest BCUT2D eigenvalue weighted by Crippen LogP contribution is 2.45. The van der Waals surface area contributed by atoms with Gasteiger partial charge in [0.05, 0.1) is 9.16 Å². The second kappa shape index (κ2) is 12.6. The average molecular weight is 481 g/mol. The molecule has 0 radical (unpaired) electrons. The number of rotatable bonds is 10. The second-order valence-electron chi connectivity index (χ2n) is 6.73. The normalized spacial score (nSPS) is 27.6. The minimum absolute atomic E-state index is 0.136. The molecule has 0 aromatic carbocycles. The molecule has 0 bridgehead atoms. The maximum Gasteiger partial charge on any atom is 0.214 e. The van der Waals surface area contributed by atoms with Gasteiger partial charge in [-0.3, -0.25) is 9.59 Å². The van der Waals surface area contributed by atoms with Gasteiger partial charge in [0.1, 0.15) is 0 Å². The van der Waals surface area contributed by atoms with Crippen LogP contribution in [0.2, 0.25) is 0 Å². The summed E-state index contributed by atoms with van der Waals surface area (Å²) in [6, 6.07) is 0. The van der Waals surface area contributed by atoms with Gasteiger partial charge in [0, 0.05) is 33.5 Å². The van der Waals surface area contributed by atoms with E-state index in [1.54, 1.807) is 13.8 Å². The molecule has 152 valence electrons. The van der Waals surface area contributed by atoms with Gasteiger partial charge in [-0.2, -0.15) is 0 Å². The predicted octanol–water partition coefficient (Wildman–Crippen LogP) is 6.18. The van der Waals surface area contributed by atoms with E-state index in [0.29, 0.717) is 30.8 Å². The summed E-state index contributed by atoms with van der Waals surface area (Å²) in [4.78, 5) is 23.3. The van der Waals surface area contributed by atoms with Gasteiger partial charge in [-0.15, -0.1) is 47.0 Å². The summed E-state index contributed by atoms with van der Waals surface area (Å²) in [5.41, 5.74) is 1.30. The highest BCUT2D eigenvalue weighted by molar-refractivity contribution is 8.22. The first-order valence-corrected chi connectivity index (χ1v) is 15.0. The van der Waals surface area contributed by atoms with E-state index in [4.69, 9.17) is 0 Å². The number of thioether (sulfide) groups is 6. The van der Waals surface area contributed by atoms with Crippen molar-refractivity contribution >= 4 is 80.8 Å². The molecule has 0 aliphatic carbocycles. The molecule has 0 N–H and O–H groups in total. The van der Waals surface area contributed by atoms with Gasteiger partial charge >= 0.3 is 0 Å². The molecular weight excluding hydrogens is 453 g/mol. The fourth-order valence-corrected chi connectivity index (χ4v) is 11.6. The Morgan fingerprint density at radius 3 is 1.63 bits per heavy atom. The molecule has 0 saturated carbocycles. The van der Waals surface area contributed by atoms with Gasteiger partial charge in [-0.1, -0.05) is 36.7 Å². The van der Waals surface area contributed by atoms with Crippen LogP contribution in [0.1, 0.15) is 33.1 Å². The third-order valence-corrected chi connectivity index (χ3v) is 13.6. The SMILES string of the molecule is C=C(C)C(=O)SCC1CSC(CCCC2SCC(CSC(=O)C(=C)C)S2)S1. The molecule has 2 heterocycles. The summed E-state index contributed by atoms with van der Waals surface area (Å²) in [6.07, 6.45) is 3.79. The third-order valence-electron chi connectivity index (χ3n) is 4.00. The van der Waals surface area contributed by atoms with E-state index in [9.17, 15) is 9.59 Å². The lowest BCUT2D eigenvalue weighted by Crippen LogP contribution is -2.08. The van der Waals surface area contributed by atoms with Crippen molar-refractivity contribution in [3.63, 3.8) is 0 Å². The molecule has 2 nitrogen and oxygen atoms in total. The average Bonchev–Trinajstić information content (AvgIpc) is 3.26. The fourth-order valence-electron chi connectivity index (χ4n) is 2.53. The van der Waals surface area contributed by atoms with Gasteiger partial charge in [0.2, 0.25) is 10.2 Å². The third kappa shape index (κ3) is 9.08. The van der Waals surface area contributed by atoms with Crippen LogP contribution in [0.3, 0.4) is 0 Å². The lowest BCUT2D eigenvalue weighted by Gasteiger charge is -2.12. The first-order valence-electron chi connectivity index (χ1n) is 9.04. The van der Waals surface area contributed by atoms with E-state index < -0.39 is 0 Å². The highest BCUT2D eigenvalue weighted by Gasteiger charge is 2.29. The summed E-state index contributed by atoms with van der Waals surface area (Å²) < 4.78 is 1.37. The van der Waals surface area contributed by atoms with Gasteiger partial charge in [-0.05, 0) is 44.3 Å². The fraction of sp³-hybridized carbons (Fsp3) is 0.684. The Hall–Kier alpha value is 0.920. The minimum Gasteiger partial charge on any atom is -0.282 e. The van der Waals surface area contributed by atoms with Crippen molar-refractivity contribution < 1.29 is 9.59 Å². The summed E-state index contributed by atoms with van der Waals surface area (Å²) >= 11 is 11.1. The molecule has 2 aliphatic rings. The molecule has 2 fully saturated rings. The summed E-state index contributed by atoms with van der Waals surface area (Å²) in [5.74, 6) is 4.15. The molecule has 4 unspecified atom stereocenters. The molecule has 4 atom stereocenters. The number of hydrogen-bond acceptors (Lipinski definition) is 8. The lowest BCUT2D eigenvalue weighted by molar-refractivity contribution is -0.108. The summed E-state index contributed by atoms with van der Waals surface area (Å²) in [6.45, 7) is 11.0. The zero-order valence-electron chi connectivity index (χ0n) is 15.9. The molecule has 0 aromatic heterocycles. The van der Waals surface area contributed by atoms with E-state index in [2.05, 4.69) is 60.2 Å². The number of carbonyl (C=O) groups excluding carboxylic acids is 2. The molecule has 0 amide bonds. The zero-order valence-corrected chi connectivity index (χ0v) is 20.8. The Kier molecular flexibility index (Phi) is 11.3. The van der Waals surface area contributed by atoms with Gasteiger partial charge in [-0.25, -0.2) is 0 Å². The predicted molar refractivity (Wildman–Crippen MR) is 134 cm³/mol. The van der Waals surface area contributed by atoms with Crippen molar-refractivity contribution in [1.29, 1.82) is 0 Å². The van der Waals surface area contributed by atoms with E-state index in [0.717, 1.165) is 23.0 Å². The Morgan fingerprint density at radius 1 is 0.852 bits per heavy atom. The molecule has 2 saturated heterocycles. The molecule has 0 spiro atoms. The Bertz CT molecular complexity index is 516. The summed E-state index contributed by atoms with van der Waals surface area (Å²) in [7, 11) is 0. The van der Waals surface area contributed by atoms with Gasteiger partial charge in [0.15, 0.2) is 0 Å². The second-order valence-corrected chi connectivity index (χ2v) is 14.8. The topological polar surface area (TPSA) is 34.1 Å². The maximum atomic E-state index is 11.7. The monoisotopic (exact) mass is 480 g/mol. The van der Waals surface area contributed by atoms with Crippen LogP contribution in [-0.2, 0) is 9.59 Å². The van der Waals surface area contributed by atoms with Crippen molar-refractivity contribution in [3.05, 3.63) is 24.3 Å². The Balaban J connectivity index is 1.54. The first kappa shape index (κ1) is 24.2. The highest BCUT2D eigenvalue weighted by atomic mass is 32.2. The van der Waals surface area contributed by atoms with Crippen LogP contribution in [0.25, 0.3) is 0 Å². The molecule has 2 rings (SSSR count). The van der Waals surface area contributed by atoms with Crippen molar-refractivity contribution in [2.45, 2.75) is 52.8 Å². The van der Waals surface area contributed by atoms with E-state index in [-0.39, 0.29) is 10.2 Å². The van der Waals surface area contributed by atoms with Gasteiger partial charge < -0.3 is 0 Å². The molecule has 27 heavy (non-hydrogen) atoms. The van der Waals surface area contributed by atoms with Crippen LogP contribution in [0.15, 0.2) is 24.3 Å².